The second-order valence-corrected chi connectivity index (χ2v) is 5.37. The first-order valence-electron chi connectivity index (χ1n) is 6.74. The third kappa shape index (κ3) is 2.24. The summed E-state index contributed by atoms with van der Waals surface area (Å²) in [5, 5.41) is 73.9. The Bertz CT molecular complexity index is 706. The molecule has 0 bridgehead atoms. The summed E-state index contributed by atoms with van der Waals surface area (Å²) < 4.78 is 7.88. The van der Waals surface area contributed by atoms with Gasteiger partial charge in [0.05, 0.1) is 0 Å². The normalized spacial score (nSPS) is 20.3. The molecule has 30 heavy (non-hydrogen) atoms. The molecule has 1 saturated heterocycles. The smallest absolute Gasteiger partial charge is 0.352 e. The van der Waals surface area contributed by atoms with Gasteiger partial charge in [-0.05, 0) is 0 Å². The predicted octanol–water partition coefficient (Wildman–Crippen LogP) is -4.33. The van der Waals surface area contributed by atoms with Gasteiger partial charge in [0.15, 0.2) is 0 Å². The monoisotopic (exact) mass is 440 g/mol. The van der Waals surface area contributed by atoms with E-state index < -0.39 is 70.2 Å². The lowest BCUT2D eigenvalue weighted by Gasteiger charge is -2.52. The molecule has 1 rings (SSSR count). The van der Waals surface area contributed by atoms with Gasteiger partial charge in [-0.25, -0.2) is 38.4 Å². The molecule has 1 fully saturated rings. The lowest BCUT2D eigenvalue weighted by molar-refractivity contribution is -0.338. The maximum atomic E-state index is 11.6. The van der Waals surface area contributed by atoms with Crippen LogP contribution in [0.25, 0.3) is 0 Å². The van der Waals surface area contributed by atoms with Gasteiger partial charge in [-0.3, -0.25) is 0 Å². The fourth-order valence-corrected chi connectivity index (χ4v) is 2.67. The number of ether oxygens (including phenoxy) is 2. The highest BCUT2D eigenvalue weighted by Crippen LogP contribution is 2.50. The van der Waals surface area contributed by atoms with Crippen LogP contribution in [0, 0.1) is 0 Å². The van der Waals surface area contributed by atoms with Crippen LogP contribution in [0.4, 0.5) is 0 Å². The Morgan fingerprint density at radius 2 is 0.433 bits per heavy atom. The van der Waals surface area contributed by atoms with Crippen LogP contribution in [0.5, 0.6) is 0 Å². The van der Waals surface area contributed by atoms with E-state index in [1.807, 2.05) is 0 Å². The van der Waals surface area contributed by atoms with Crippen molar-refractivity contribution in [1.82, 2.24) is 0 Å². The molecule has 0 amide bonds. The van der Waals surface area contributed by atoms with E-state index in [2.05, 4.69) is 9.47 Å². The molecule has 18 heteroatoms. The van der Waals surface area contributed by atoms with Crippen molar-refractivity contribution in [2.45, 2.75) is 22.4 Å². The summed E-state index contributed by atoms with van der Waals surface area (Å²) in [6.45, 7) is 0. The summed E-state index contributed by atoms with van der Waals surface area (Å²) in [5.41, 5.74) is -20.1. The van der Waals surface area contributed by atoms with Crippen molar-refractivity contribution >= 4 is 47.8 Å². The Morgan fingerprint density at radius 3 is 0.500 bits per heavy atom. The highest BCUT2D eigenvalue weighted by molar-refractivity contribution is 6.24. The molecule has 18 nitrogen and oxygen atoms in total. The van der Waals surface area contributed by atoms with Crippen molar-refractivity contribution in [3.8, 4) is 0 Å². The number of rotatable bonds is 8. The van der Waals surface area contributed by atoms with Crippen molar-refractivity contribution in [2.75, 3.05) is 0 Å². The topological polar surface area (TPSA) is 317 Å². The minimum atomic E-state index is -5.02. The summed E-state index contributed by atoms with van der Waals surface area (Å²) in [5.74, 6) is -25.5. The number of carboxylic acid groups (broad SMARTS) is 8. The highest BCUT2D eigenvalue weighted by atomic mass is 16.7. The summed E-state index contributed by atoms with van der Waals surface area (Å²) >= 11 is 0. The predicted molar refractivity (Wildman–Crippen MR) is 74.2 cm³/mol. The zero-order chi connectivity index (χ0) is 24.0. The molecule has 0 atom stereocenters. The Kier molecular flexibility index (Phi) is 5.24. The number of hydrogen-bond acceptors (Lipinski definition) is 10. The van der Waals surface area contributed by atoms with Gasteiger partial charge in [-0.1, -0.05) is 0 Å². The van der Waals surface area contributed by atoms with Crippen molar-refractivity contribution in [3.63, 3.8) is 0 Å². The zero-order valence-electron chi connectivity index (χ0n) is 13.7. The van der Waals surface area contributed by atoms with E-state index in [0.29, 0.717) is 0 Å². The minimum absolute atomic E-state index is 3.18. The molecular weight excluding hydrogens is 432 g/mol. The molecule has 0 unspecified atom stereocenters. The molecule has 1 aliphatic heterocycles. The average molecular weight is 440 g/mol. The van der Waals surface area contributed by atoms with E-state index >= 15 is 0 Å². The van der Waals surface area contributed by atoms with Gasteiger partial charge in [0.1, 0.15) is 0 Å². The number of carbonyl (C=O) groups is 8. The molecule has 0 aromatic heterocycles. The Morgan fingerprint density at radius 1 is 0.333 bits per heavy atom. The second-order valence-electron chi connectivity index (χ2n) is 5.37. The third-order valence-electron chi connectivity index (χ3n) is 4.01. The van der Waals surface area contributed by atoms with Crippen molar-refractivity contribution in [1.29, 1.82) is 0 Å². The molecule has 8 N–H and O–H groups in total. The van der Waals surface area contributed by atoms with Crippen LogP contribution >= 0.6 is 0 Å². The van der Waals surface area contributed by atoms with Gasteiger partial charge < -0.3 is 50.3 Å². The lowest BCUT2D eigenvalue weighted by Crippen LogP contribution is -2.89. The fourth-order valence-electron chi connectivity index (χ4n) is 2.67. The van der Waals surface area contributed by atoms with Gasteiger partial charge in [0.25, 0.3) is 0 Å². The van der Waals surface area contributed by atoms with Crippen molar-refractivity contribution in [3.05, 3.63) is 0 Å². The molecule has 0 aromatic rings. The first kappa shape index (κ1) is 23.7. The second kappa shape index (κ2) is 6.63. The van der Waals surface area contributed by atoms with Gasteiger partial charge in [-0.2, -0.15) is 0 Å². The van der Waals surface area contributed by atoms with E-state index in [1.165, 1.54) is 0 Å². The molecule has 1 aliphatic rings. The molecule has 0 radical (unpaired) electrons. The quantitative estimate of drug-likeness (QED) is 0.165. The van der Waals surface area contributed by atoms with E-state index in [9.17, 15) is 79.2 Å². The fraction of sp³-hybridized carbons (Fsp3) is 0.333. The van der Waals surface area contributed by atoms with Crippen LogP contribution in [0.1, 0.15) is 0 Å². The SMILES string of the molecule is O=C(O)C1(C(=O)O)OC(C(=O)O)(C(=O)O)C(C(=O)O)(C(=O)O)OC1(C(=O)O)C(=O)O. The summed E-state index contributed by atoms with van der Waals surface area (Å²) in [4.78, 5) is 93.1. The van der Waals surface area contributed by atoms with E-state index in [4.69, 9.17) is 0 Å². The maximum absolute atomic E-state index is 11.6. The van der Waals surface area contributed by atoms with E-state index in [-0.39, 0.29) is 0 Å². The summed E-state index contributed by atoms with van der Waals surface area (Å²) in [7, 11) is 0. The molecule has 0 aliphatic carbocycles. The summed E-state index contributed by atoms with van der Waals surface area (Å²) in [6.07, 6.45) is 0. The van der Waals surface area contributed by atoms with Crippen LogP contribution in [-0.2, 0) is 47.8 Å². The average Bonchev–Trinajstić information content (AvgIpc) is 2.57. The third-order valence-corrected chi connectivity index (χ3v) is 4.01. The maximum Gasteiger partial charge on any atom is 0.352 e. The molecular formula is C12H8O18. The Hall–Kier alpha value is -4.32. The van der Waals surface area contributed by atoms with Crippen molar-refractivity contribution < 1.29 is 88.7 Å². The molecule has 0 aromatic carbocycles. The lowest BCUT2D eigenvalue weighted by atomic mass is 9.72. The van der Waals surface area contributed by atoms with Gasteiger partial charge in [0.2, 0.25) is 0 Å². The largest absolute Gasteiger partial charge is 0.479 e. The van der Waals surface area contributed by atoms with Crippen LogP contribution < -0.4 is 0 Å². The van der Waals surface area contributed by atoms with Crippen molar-refractivity contribution in [2.24, 2.45) is 0 Å². The highest BCUT2D eigenvalue weighted by Gasteiger charge is 2.91. The van der Waals surface area contributed by atoms with Gasteiger partial charge >= 0.3 is 70.2 Å². The van der Waals surface area contributed by atoms with Crippen LogP contribution in [0.3, 0.4) is 0 Å². The van der Waals surface area contributed by atoms with E-state index in [0.717, 1.165) is 0 Å². The Labute approximate surface area is 160 Å². The van der Waals surface area contributed by atoms with Crippen LogP contribution in [0.15, 0.2) is 0 Å². The zero-order valence-corrected chi connectivity index (χ0v) is 13.7. The standard InChI is InChI=1S/C12H8O18/c13-1(14)9(2(15)16)10(3(17)18,4(19)20)30-12(7(25)26,8(27)28)11(29-9,5(21)22)6(23)24/h(H,13,14)(H,15,16)(H,17,18)(H,19,20)(H,21,22)(H,23,24)(H,25,26)(H,27,28). The molecule has 164 valence electrons. The summed E-state index contributed by atoms with van der Waals surface area (Å²) in [6, 6.07) is 0. The van der Waals surface area contributed by atoms with Crippen LogP contribution in [0.2, 0.25) is 0 Å². The number of carboxylic acids is 8. The van der Waals surface area contributed by atoms with Gasteiger partial charge in [0, 0.05) is 0 Å². The number of hydrogen-bond donors (Lipinski definition) is 8. The van der Waals surface area contributed by atoms with Crippen LogP contribution in [-0.4, -0.2) is 111 Å². The number of aliphatic carboxylic acids is 8. The first-order valence-corrected chi connectivity index (χ1v) is 6.74. The van der Waals surface area contributed by atoms with Gasteiger partial charge in [-0.15, -0.1) is 0 Å². The molecule has 0 saturated carbocycles. The first-order chi connectivity index (χ1) is 13.5. The van der Waals surface area contributed by atoms with E-state index in [1.54, 1.807) is 0 Å². The minimum Gasteiger partial charge on any atom is -0.479 e. The molecule has 1 heterocycles. The Balaban J connectivity index is 4.50. The molecule has 0 spiro atoms.